The molecule has 0 unspecified atom stereocenters. The molecule has 5 nitrogen and oxygen atoms in total. The topological polar surface area (TPSA) is 74.7 Å². The quantitative estimate of drug-likeness (QED) is 0.513. The van der Waals surface area contributed by atoms with Gasteiger partial charge in [-0.15, -0.1) is 0 Å². The second kappa shape index (κ2) is 10.4. The summed E-state index contributed by atoms with van der Waals surface area (Å²) in [6.45, 7) is 2.00. The first-order valence-corrected chi connectivity index (χ1v) is 11.7. The molecule has 0 saturated carbocycles. The zero-order valence-electron chi connectivity index (χ0n) is 17.5. The molecule has 6 heteroatoms. The fourth-order valence-electron chi connectivity index (χ4n) is 3.52. The predicted molar refractivity (Wildman–Crippen MR) is 121 cm³/mol. The fraction of sp³-hybridized carbons (Fsp3) is 0.240. The Morgan fingerprint density at radius 1 is 0.871 bits per heavy atom. The van der Waals surface area contributed by atoms with Crippen LogP contribution in [0.4, 0.5) is 0 Å². The Morgan fingerprint density at radius 2 is 1.42 bits per heavy atom. The highest BCUT2D eigenvalue weighted by Gasteiger charge is 2.35. The average molecular weight is 438 g/mol. The van der Waals surface area contributed by atoms with Crippen LogP contribution in [0.15, 0.2) is 89.8 Å². The molecule has 0 bridgehead atoms. The summed E-state index contributed by atoms with van der Waals surface area (Å²) in [5.41, 5.74) is 2.81. The highest BCUT2D eigenvalue weighted by Crippen LogP contribution is 2.22. The number of aryl methyl sites for hydroxylation is 2. The van der Waals surface area contributed by atoms with Crippen LogP contribution in [-0.2, 0) is 27.7 Å². The Labute approximate surface area is 184 Å². The number of sulfonamides is 1. The van der Waals surface area contributed by atoms with E-state index in [2.05, 4.69) is 0 Å². The van der Waals surface area contributed by atoms with E-state index >= 15 is 0 Å². The van der Waals surface area contributed by atoms with E-state index in [0.717, 1.165) is 21.0 Å². The molecule has 3 aromatic rings. The Hall–Kier alpha value is -2.96. The number of aliphatic carboxylic acids is 1. The number of rotatable bonds is 10. The Kier molecular flexibility index (Phi) is 7.60. The van der Waals surface area contributed by atoms with Crippen molar-refractivity contribution in [3.63, 3.8) is 0 Å². The summed E-state index contributed by atoms with van der Waals surface area (Å²) in [6, 6.07) is 24.2. The molecule has 0 aliphatic carbocycles. The van der Waals surface area contributed by atoms with Gasteiger partial charge in [0.15, 0.2) is 0 Å². The van der Waals surface area contributed by atoms with Gasteiger partial charge in [-0.3, -0.25) is 4.79 Å². The van der Waals surface area contributed by atoms with Crippen molar-refractivity contribution < 1.29 is 18.3 Å². The highest BCUT2D eigenvalue weighted by molar-refractivity contribution is 7.89. The third-order valence-corrected chi connectivity index (χ3v) is 7.14. The van der Waals surface area contributed by atoms with Crippen LogP contribution in [-0.4, -0.2) is 36.4 Å². The van der Waals surface area contributed by atoms with Crippen molar-refractivity contribution >= 4 is 16.0 Å². The molecule has 0 amide bonds. The van der Waals surface area contributed by atoms with Gasteiger partial charge in [-0.2, -0.15) is 4.31 Å². The Bertz CT molecular complexity index is 1080. The van der Waals surface area contributed by atoms with Crippen LogP contribution in [0, 0.1) is 6.92 Å². The first-order valence-electron chi connectivity index (χ1n) is 10.3. The van der Waals surface area contributed by atoms with Crippen LogP contribution < -0.4 is 0 Å². The Morgan fingerprint density at radius 3 is 1.97 bits per heavy atom. The number of benzene rings is 3. The molecule has 0 aliphatic heterocycles. The summed E-state index contributed by atoms with van der Waals surface area (Å²) in [7, 11) is -3.98. The molecule has 0 spiro atoms. The number of hydrogen-bond acceptors (Lipinski definition) is 3. The van der Waals surface area contributed by atoms with Gasteiger partial charge < -0.3 is 5.11 Å². The molecule has 0 heterocycles. The lowest BCUT2D eigenvalue weighted by atomic mass is 10.1. The number of carbonyl (C=O) groups is 1. The number of hydrogen-bond donors (Lipinski definition) is 1. The minimum atomic E-state index is -3.98. The smallest absolute Gasteiger partial charge is 0.322 e. The summed E-state index contributed by atoms with van der Waals surface area (Å²) < 4.78 is 28.1. The fourth-order valence-corrected chi connectivity index (χ4v) is 5.14. The van der Waals surface area contributed by atoms with E-state index in [0.29, 0.717) is 12.8 Å². The van der Waals surface area contributed by atoms with Crippen LogP contribution in [0.1, 0.15) is 23.1 Å². The van der Waals surface area contributed by atoms with Gasteiger partial charge in [-0.05, 0) is 49.4 Å². The van der Waals surface area contributed by atoms with Crippen molar-refractivity contribution in [2.45, 2.75) is 37.1 Å². The lowest BCUT2D eigenvalue weighted by Crippen LogP contribution is -2.46. The monoisotopic (exact) mass is 437 g/mol. The van der Waals surface area contributed by atoms with Gasteiger partial charge in [-0.25, -0.2) is 8.42 Å². The molecule has 3 rings (SSSR count). The first-order chi connectivity index (χ1) is 14.9. The molecule has 0 radical (unpaired) electrons. The van der Waals surface area contributed by atoms with Gasteiger partial charge in [0.1, 0.15) is 6.04 Å². The highest BCUT2D eigenvalue weighted by atomic mass is 32.2. The molecule has 0 aromatic heterocycles. The van der Waals surface area contributed by atoms with Crippen molar-refractivity contribution in [2.75, 3.05) is 6.54 Å². The van der Waals surface area contributed by atoms with Crippen molar-refractivity contribution in [3.05, 3.63) is 102 Å². The van der Waals surface area contributed by atoms with E-state index in [9.17, 15) is 18.3 Å². The zero-order valence-corrected chi connectivity index (χ0v) is 18.3. The van der Waals surface area contributed by atoms with Crippen molar-refractivity contribution in [2.24, 2.45) is 0 Å². The lowest BCUT2D eigenvalue weighted by molar-refractivity contribution is -0.141. The van der Waals surface area contributed by atoms with Gasteiger partial charge in [0, 0.05) is 6.54 Å². The molecule has 0 saturated heterocycles. The molecule has 0 fully saturated rings. The van der Waals surface area contributed by atoms with Crippen LogP contribution in [0.5, 0.6) is 0 Å². The number of carboxylic acids is 1. The van der Waals surface area contributed by atoms with Gasteiger partial charge in [0.05, 0.1) is 4.90 Å². The Balaban J connectivity index is 1.91. The van der Waals surface area contributed by atoms with Crippen LogP contribution in [0.2, 0.25) is 0 Å². The van der Waals surface area contributed by atoms with Gasteiger partial charge in [0.2, 0.25) is 10.0 Å². The summed E-state index contributed by atoms with van der Waals surface area (Å²) in [6.07, 6.45) is 1.29. The maximum absolute atomic E-state index is 13.5. The molecule has 1 N–H and O–H groups in total. The first kappa shape index (κ1) is 22.7. The molecule has 162 valence electrons. The molecule has 31 heavy (non-hydrogen) atoms. The second-order valence-electron chi connectivity index (χ2n) is 7.56. The molecule has 1 atom stereocenters. The lowest BCUT2D eigenvalue weighted by Gasteiger charge is -2.28. The minimum Gasteiger partial charge on any atom is -0.480 e. The molecule has 3 aromatic carbocycles. The maximum Gasteiger partial charge on any atom is 0.322 e. The van der Waals surface area contributed by atoms with Crippen LogP contribution >= 0.6 is 0 Å². The third kappa shape index (κ3) is 6.03. The van der Waals surface area contributed by atoms with Crippen LogP contribution in [0.3, 0.4) is 0 Å². The summed E-state index contributed by atoms with van der Waals surface area (Å²) in [4.78, 5) is 12.3. The molecule has 0 aliphatic rings. The maximum atomic E-state index is 13.5. The van der Waals surface area contributed by atoms with Crippen molar-refractivity contribution in [1.82, 2.24) is 4.31 Å². The number of nitrogens with zero attached hydrogens (tertiary/aromatic N) is 1. The van der Waals surface area contributed by atoms with E-state index in [1.165, 1.54) is 12.1 Å². The standard InChI is InChI=1S/C25H27NO4S/c1-20-14-16-23(17-15-20)31(29,30)26(18-8-13-21-9-4-2-5-10-21)24(25(27)28)19-22-11-6-3-7-12-22/h2-7,9-12,14-17,24H,8,13,18-19H2,1H3,(H,27,28)/t24-/m0/s1. The van der Waals surface area contributed by atoms with Gasteiger partial charge >= 0.3 is 5.97 Å². The molecular weight excluding hydrogens is 410 g/mol. The van der Waals surface area contributed by atoms with E-state index in [4.69, 9.17) is 0 Å². The normalized spacial score (nSPS) is 12.6. The number of carboxylic acid groups (broad SMARTS) is 1. The van der Waals surface area contributed by atoms with Crippen molar-refractivity contribution in [3.8, 4) is 0 Å². The van der Waals surface area contributed by atoms with E-state index < -0.39 is 22.0 Å². The zero-order chi connectivity index (χ0) is 22.3. The predicted octanol–water partition coefficient (Wildman–Crippen LogP) is 4.31. The summed E-state index contributed by atoms with van der Waals surface area (Å²) in [5.74, 6) is -1.15. The summed E-state index contributed by atoms with van der Waals surface area (Å²) >= 11 is 0. The van der Waals surface area contributed by atoms with E-state index in [1.807, 2.05) is 67.6 Å². The van der Waals surface area contributed by atoms with Gasteiger partial charge in [-0.1, -0.05) is 78.4 Å². The van der Waals surface area contributed by atoms with E-state index in [1.54, 1.807) is 12.1 Å². The minimum absolute atomic E-state index is 0.104. The SMILES string of the molecule is Cc1ccc(S(=O)(=O)N(CCCc2ccccc2)[C@@H](Cc2ccccc2)C(=O)O)cc1. The van der Waals surface area contributed by atoms with Gasteiger partial charge in [0.25, 0.3) is 0 Å². The second-order valence-corrected chi connectivity index (χ2v) is 9.45. The van der Waals surface area contributed by atoms with Crippen LogP contribution in [0.25, 0.3) is 0 Å². The summed E-state index contributed by atoms with van der Waals surface area (Å²) in [5, 5.41) is 9.97. The van der Waals surface area contributed by atoms with E-state index in [-0.39, 0.29) is 17.9 Å². The largest absolute Gasteiger partial charge is 0.480 e. The van der Waals surface area contributed by atoms with Crippen molar-refractivity contribution in [1.29, 1.82) is 0 Å². The third-order valence-electron chi connectivity index (χ3n) is 5.22. The average Bonchev–Trinajstić information content (AvgIpc) is 2.77. The molecular formula is C25H27NO4S.